The highest BCUT2D eigenvalue weighted by Crippen LogP contribution is 2.30. The molecule has 3 fully saturated rings. The highest BCUT2D eigenvalue weighted by molar-refractivity contribution is 6.08. The summed E-state index contributed by atoms with van der Waals surface area (Å²) in [6.07, 6.45) is 1.96. The van der Waals surface area contributed by atoms with Gasteiger partial charge in [-0.2, -0.15) is 0 Å². The zero-order valence-electron chi connectivity index (χ0n) is 8.85. The Hall–Kier alpha value is -1.10. The second-order valence-corrected chi connectivity index (χ2v) is 3.99. The number of carbonyl (C=O) groups excluding carboxylic acids is 1. The van der Waals surface area contributed by atoms with Crippen LogP contribution in [0.2, 0.25) is 0 Å². The summed E-state index contributed by atoms with van der Waals surface area (Å²) in [6, 6.07) is -0.442. The molecular weight excluding hydrogens is 196 g/mol. The molecule has 3 aliphatic heterocycles. The Morgan fingerprint density at radius 3 is 2.80 bits per heavy atom. The third-order valence-electron chi connectivity index (χ3n) is 3.22. The number of hydrogen-bond donors (Lipinski definition) is 1. The third kappa shape index (κ3) is 1.71. The quantitative estimate of drug-likeness (QED) is 0.410. The predicted molar refractivity (Wildman–Crippen MR) is 53.9 cm³/mol. The molecule has 1 N–H and O–H groups in total. The molecular formula is C10H16N2O3. The number of fused-ring (bicyclic) bond motifs is 3. The van der Waals surface area contributed by atoms with Crippen LogP contribution in [0, 0.1) is 5.92 Å². The van der Waals surface area contributed by atoms with Crippen molar-refractivity contribution in [3.63, 3.8) is 0 Å². The van der Waals surface area contributed by atoms with Crippen molar-refractivity contribution >= 4 is 11.7 Å². The number of carbonyl (C=O) groups is 1. The van der Waals surface area contributed by atoms with Gasteiger partial charge in [-0.05, 0) is 32.9 Å². The first-order chi connectivity index (χ1) is 7.27. The van der Waals surface area contributed by atoms with Crippen LogP contribution in [0.15, 0.2) is 5.16 Å². The van der Waals surface area contributed by atoms with Gasteiger partial charge in [-0.25, -0.2) is 4.79 Å². The maximum absolute atomic E-state index is 11.7. The van der Waals surface area contributed by atoms with Gasteiger partial charge >= 0.3 is 5.97 Å². The maximum Gasteiger partial charge on any atom is 0.329 e. The first-order valence-corrected chi connectivity index (χ1v) is 5.40. The molecule has 0 saturated carbocycles. The summed E-state index contributed by atoms with van der Waals surface area (Å²) in [4.78, 5) is 13.7. The van der Waals surface area contributed by atoms with E-state index in [-0.39, 0.29) is 11.9 Å². The van der Waals surface area contributed by atoms with Gasteiger partial charge in [-0.3, -0.25) is 4.90 Å². The van der Waals surface area contributed by atoms with Crippen LogP contribution in [0.4, 0.5) is 0 Å². The van der Waals surface area contributed by atoms with Crippen molar-refractivity contribution in [2.24, 2.45) is 11.1 Å². The Morgan fingerprint density at radius 2 is 2.27 bits per heavy atom. The van der Waals surface area contributed by atoms with Gasteiger partial charge < -0.3 is 9.94 Å². The molecule has 3 aliphatic rings. The van der Waals surface area contributed by atoms with Gasteiger partial charge in [0.15, 0.2) is 6.04 Å². The van der Waals surface area contributed by atoms with Gasteiger partial charge in [0, 0.05) is 5.92 Å². The lowest BCUT2D eigenvalue weighted by Crippen LogP contribution is -2.59. The third-order valence-corrected chi connectivity index (χ3v) is 3.22. The van der Waals surface area contributed by atoms with E-state index in [1.54, 1.807) is 6.92 Å². The average Bonchev–Trinajstić information content (AvgIpc) is 2.29. The lowest BCUT2D eigenvalue weighted by molar-refractivity contribution is -0.148. The van der Waals surface area contributed by atoms with E-state index in [2.05, 4.69) is 5.16 Å². The van der Waals surface area contributed by atoms with Crippen LogP contribution >= 0.6 is 0 Å². The van der Waals surface area contributed by atoms with Gasteiger partial charge in [0.25, 0.3) is 0 Å². The van der Waals surface area contributed by atoms with Gasteiger partial charge in [0.2, 0.25) is 0 Å². The lowest BCUT2D eigenvalue weighted by Gasteiger charge is -2.44. The van der Waals surface area contributed by atoms with E-state index >= 15 is 0 Å². The smallest absolute Gasteiger partial charge is 0.329 e. The fourth-order valence-electron chi connectivity index (χ4n) is 2.49. The predicted octanol–water partition coefficient (Wildman–Crippen LogP) is 0.474. The molecule has 5 heteroatoms. The zero-order chi connectivity index (χ0) is 10.8. The number of piperidine rings is 3. The van der Waals surface area contributed by atoms with E-state index in [4.69, 9.17) is 9.94 Å². The SMILES string of the molecule is CCOC(=O)C1C(=NO)C2CCN1CC2. The highest BCUT2D eigenvalue weighted by atomic mass is 16.5. The molecule has 0 aromatic heterocycles. The summed E-state index contributed by atoms with van der Waals surface area (Å²) in [5.41, 5.74) is 0.589. The second-order valence-electron chi connectivity index (χ2n) is 3.99. The van der Waals surface area contributed by atoms with Gasteiger partial charge in [-0.1, -0.05) is 5.16 Å². The lowest BCUT2D eigenvalue weighted by atomic mass is 9.81. The van der Waals surface area contributed by atoms with Crippen LogP contribution in [-0.2, 0) is 9.53 Å². The molecule has 3 heterocycles. The normalized spacial score (nSPS) is 36.9. The number of esters is 1. The molecule has 0 aliphatic carbocycles. The molecule has 2 bridgehead atoms. The summed E-state index contributed by atoms with van der Waals surface area (Å²) in [7, 11) is 0. The summed E-state index contributed by atoms with van der Waals surface area (Å²) >= 11 is 0. The zero-order valence-corrected chi connectivity index (χ0v) is 8.85. The van der Waals surface area contributed by atoms with E-state index in [9.17, 15) is 4.79 Å². The topological polar surface area (TPSA) is 62.1 Å². The van der Waals surface area contributed by atoms with E-state index in [1.165, 1.54) is 0 Å². The molecule has 0 radical (unpaired) electrons. The summed E-state index contributed by atoms with van der Waals surface area (Å²) in [5, 5.41) is 12.2. The Morgan fingerprint density at radius 1 is 1.60 bits per heavy atom. The minimum atomic E-state index is -0.442. The van der Waals surface area contributed by atoms with Crippen LogP contribution in [0.1, 0.15) is 19.8 Å². The molecule has 0 amide bonds. The van der Waals surface area contributed by atoms with Crippen molar-refractivity contribution < 1.29 is 14.7 Å². The maximum atomic E-state index is 11.7. The number of rotatable bonds is 2. The van der Waals surface area contributed by atoms with E-state index in [0.717, 1.165) is 25.9 Å². The van der Waals surface area contributed by atoms with Gasteiger partial charge in [0.05, 0.1) is 12.3 Å². The Balaban J connectivity index is 2.18. The Bertz CT molecular complexity index is 282. The van der Waals surface area contributed by atoms with Crippen molar-refractivity contribution in [3.8, 4) is 0 Å². The minimum Gasteiger partial charge on any atom is -0.465 e. The van der Waals surface area contributed by atoms with Crippen LogP contribution in [0.5, 0.6) is 0 Å². The highest BCUT2D eigenvalue weighted by Gasteiger charge is 2.44. The minimum absolute atomic E-state index is 0.259. The van der Waals surface area contributed by atoms with E-state index in [0.29, 0.717) is 12.3 Å². The molecule has 0 aromatic carbocycles. The summed E-state index contributed by atoms with van der Waals surface area (Å²) in [5.74, 6) is -0.0240. The number of ether oxygens (including phenoxy) is 1. The molecule has 5 nitrogen and oxygen atoms in total. The molecule has 0 aromatic rings. The monoisotopic (exact) mass is 212 g/mol. The molecule has 1 atom stereocenters. The van der Waals surface area contributed by atoms with Crippen LogP contribution in [-0.4, -0.2) is 47.5 Å². The van der Waals surface area contributed by atoms with Crippen molar-refractivity contribution in [2.75, 3.05) is 19.7 Å². The fourth-order valence-corrected chi connectivity index (χ4v) is 2.49. The van der Waals surface area contributed by atoms with Crippen molar-refractivity contribution in [1.82, 2.24) is 4.90 Å². The van der Waals surface area contributed by atoms with Crippen molar-refractivity contribution in [2.45, 2.75) is 25.8 Å². The first kappa shape index (κ1) is 10.4. The molecule has 0 spiro atoms. The number of hydrogen-bond acceptors (Lipinski definition) is 5. The van der Waals surface area contributed by atoms with Crippen LogP contribution < -0.4 is 0 Å². The largest absolute Gasteiger partial charge is 0.465 e. The average molecular weight is 212 g/mol. The van der Waals surface area contributed by atoms with Crippen molar-refractivity contribution in [1.29, 1.82) is 0 Å². The summed E-state index contributed by atoms with van der Waals surface area (Å²) in [6.45, 7) is 3.94. The molecule has 1 unspecified atom stereocenters. The van der Waals surface area contributed by atoms with Crippen LogP contribution in [0.3, 0.4) is 0 Å². The second kappa shape index (κ2) is 4.18. The standard InChI is InChI=1S/C10H16N2O3/c1-2-15-10(13)9-8(11-14)7-3-5-12(9)6-4-7/h7,9,14H,2-6H2,1H3. The molecule has 3 rings (SSSR count). The van der Waals surface area contributed by atoms with E-state index in [1.807, 2.05) is 4.90 Å². The fraction of sp³-hybridized carbons (Fsp3) is 0.800. The molecule has 15 heavy (non-hydrogen) atoms. The number of nitrogens with zero attached hydrogens (tertiary/aromatic N) is 2. The van der Waals surface area contributed by atoms with Crippen molar-refractivity contribution in [3.05, 3.63) is 0 Å². The van der Waals surface area contributed by atoms with Gasteiger partial charge in [-0.15, -0.1) is 0 Å². The molecule has 3 saturated heterocycles. The van der Waals surface area contributed by atoms with E-state index < -0.39 is 6.04 Å². The van der Waals surface area contributed by atoms with Crippen LogP contribution in [0.25, 0.3) is 0 Å². The Kier molecular flexibility index (Phi) is 2.90. The molecule has 84 valence electrons. The first-order valence-electron chi connectivity index (χ1n) is 5.40. The Labute approximate surface area is 88.7 Å². The van der Waals surface area contributed by atoms with Gasteiger partial charge in [0.1, 0.15) is 0 Å². The summed E-state index contributed by atoms with van der Waals surface area (Å²) < 4.78 is 4.99. The number of oxime groups is 1.